The average molecular weight is 479 g/mol. The summed E-state index contributed by atoms with van der Waals surface area (Å²) in [6.45, 7) is 3.96. The predicted molar refractivity (Wildman–Crippen MR) is 131 cm³/mol. The number of nitrogens with one attached hydrogen (secondary N) is 2. The van der Waals surface area contributed by atoms with Gasteiger partial charge in [0.25, 0.3) is 5.91 Å². The fraction of sp³-hybridized carbons (Fsp3) is 0.440. The maximum Gasteiger partial charge on any atom is 0.261 e. The van der Waals surface area contributed by atoms with Gasteiger partial charge in [0, 0.05) is 62.7 Å². The van der Waals surface area contributed by atoms with Crippen LogP contribution in [0.15, 0.2) is 36.8 Å². The smallest absolute Gasteiger partial charge is 0.261 e. The number of benzene rings is 1. The fourth-order valence-electron chi connectivity index (χ4n) is 5.21. The molecule has 1 aromatic carbocycles. The molecule has 10 heteroatoms. The van der Waals surface area contributed by atoms with Gasteiger partial charge in [-0.2, -0.15) is 0 Å². The first-order valence-corrected chi connectivity index (χ1v) is 11.8. The number of aliphatic hydroxyl groups excluding tert-OH is 1. The molecule has 3 aliphatic heterocycles. The molecule has 10 nitrogen and oxygen atoms in total. The summed E-state index contributed by atoms with van der Waals surface area (Å²) in [4.78, 5) is 35.6. The summed E-state index contributed by atoms with van der Waals surface area (Å²) in [5, 5.41) is 15.8. The number of carbonyl (C=O) groups excluding carboxylic acids is 2. The molecule has 5 rings (SSSR count). The Hall–Kier alpha value is -3.66. The van der Waals surface area contributed by atoms with Gasteiger partial charge >= 0.3 is 0 Å². The van der Waals surface area contributed by atoms with E-state index >= 15 is 0 Å². The Morgan fingerprint density at radius 1 is 1.29 bits per heavy atom. The number of hydrogen-bond donors (Lipinski definition) is 4. The lowest BCUT2D eigenvalue weighted by molar-refractivity contribution is -0.119. The Morgan fingerprint density at radius 2 is 2.03 bits per heavy atom. The summed E-state index contributed by atoms with van der Waals surface area (Å²) in [5.74, 6) is 0.644. The minimum Gasteiger partial charge on any atom is -0.484 e. The number of rotatable bonds is 5. The number of anilines is 2. The summed E-state index contributed by atoms with van der Waals surface area (Å²) in [6, 6.07) is 5.52. The van der Waals surface area contributed by atoms with Crippen molar-refractivity contribution in [2.24, 2.45) is 11.1 Å². The largest absolute Gasteiger partial charge is 0.484 e. The van der Waals surface area contributed by atoms with Crippen LogP contribution in [-0.4, -0.2) is 58.7 Å². The van der Waals surface area contributed by atoms with Crippen LogP contribution in [0.2, 0.25) is 0 Å². The number of hydrogen-bond acceptors (Lipinski definition) is 8. The second kappa shape index (κ2) is 8.84. The van der Waals surface area contributed by atoms with E-state index < -0.39 is 11.5 Å². The van der Waals surface area contributed by atoms with E-state index in [1.54, 1.807) is 18.5 Å². The van der Waals surface area contributed by atoms with E-state index in [1.807, 2.05) is 19.1 Å². The van der Waals surface area contributed by atoms with Crippen LogP contribution in [0.3, 0.4) is 0 Å². The van der Waals surface area contributed by atoms with Gasteiger partial charge < -0.3 is 31.1 Å². The molecule has 0 aliphatic carbocycles. The maximum absolute atomic E-state index is 13.2. The molecular formula is C25H30N6O4. The molecule has 1 atom stereocenters. The highest BCUT2D eigenvalue weighted by Gasteiger charge is 2.42. The molecule has 0 radical (unpaired) electrons. The van der Waals surface area contributed by atoms with Gasteiger partial charge in [0.2, 0.25) is 5.91 Å². The molecule has 1 aromatic heterocycles. The number of nitrogens with zero attached hydrogens (tertiary/aromatic N) is 3. The molecule has 0 saturated carbocycles. The third-order valence-corrected chi connectivity index (χ3v) is 7.26. The summed E-state index contributed by atoms with van der Waals surface area (Å²) < 4.78 is 6.08. The van der Waals surface area contributed by atoms with Gasteiger partial charge in [0.05, 0.1) is 23.6 Å². The maximum atomic E-state index is 13.2. The topological polar surface area (TPSA) is 143 Å². The van der Waals surface area contributed by atoms with Gasteiger partial charge in [-0.15, -0.1) is 0 Å². The van der Waals surface area contributed by atoms with Gasteiger partial charge in [0.15, 0.2) is 5.82 Å². The number of aromatic nitrogens is 2. The van der Waals surface area contributed by atoms with Crippen molar-refractivity contribution in [3.63, 3.8) is 0 Å². The average Bonchev–Trinajstić information content (AvgIpc) is 3.39. The molecule has 0 bridgehead atoms. The van der Waals surface area contributed by atoms with Crippen LogP contribution in [0.25, 0.3) is 5.57 Å². The number of carbonyl (C=O) groups is 2. The molecule has 2 fully saturated rings. The number of aliphatic hydroxyl groups is 1. The van der Waals surface area contributed by atoms with Crippen LogP contribution in [0.1, 0.15) is 37.6 Å². The van der Waals surface area contributed by atoms with Gasteiger partial charge in [0.1, 0.15) is 11.4 Å². The van der Waals surface area contributed by atoms with E-state index in [-0.39, 0.29) is 29.3 Å². The van der Waals surface area contributed by atoms with Crippen molar-refractivity contribution in [2.45, 2.75) is 38.2 Å². The van der Waals surface area contributed by atoms with Crippen LogP contribution in [0.5, 0.6) is 5.75 Å². The highest BCUT2D eigenvalue weighted by molar-refractivity contribution is 6.24. The lowest BCUT2D eigenvalue weighted by Crippen LogP contribution is -2.41. The van der Waals surface area contributed by atoms with Gasteiger partial charge in [-0.3, -0.25) is 9.59 Å². The molecule has 2 saturated heterocycles. The summed E-state index contributed by atoms with van der Waals surface area (Å²) in [7, 11) is 0. The van der Waals surface area contributed by atoms with Crippen LogP contribution in [0.4, 0.5) is 11.4 Å². The third-order valence-electron chi connectivity index (χ3n) is 7.26. The standard InChI is InChI=1S/C25H30N6O4/c1-24(15-32)11-16-9-18(30-23(34)17(13-26)22-27-5-2-6-28-22)19(10-20(16)35-24)31-7-3-25(4-8-31)12-21(33)29-14-25/h2,5-6,9-10,13,32H,3-4,7-8,11-12,14-15,26H2,1H3,(H,29,33)(H,30,34)/b17-13+/t24-/m1/s1. The molecule has 4 heterocycles. The van der Waals surface area contributed by atoms with Crippen molar-refractivity contribution < 1.29 is 19.4 Å². The van der Waals surface area contributed by atoms with E-state index in [0.29, 0.717) is 30.8 Å². The summed E-state index contributed by atoms with van der Waals surface area (Å²) in [6.07, 6.45) is 7.15. The lowest BCUT2D eigenvalue weighted by Gasteiger charge is -2.40. The molecule has 184 valence electrons. The number of fused-ring (bicyclic) bond motifs is 1. The van der Waals surface area contributed by atoms with Crippen LogP contribution in [-0.2, 0) is 16.0 Å². The van der Waals surface area contributed by atoms with E-state index in [0.717, 1.165) is 37.2 Å². The molecule has 5 N–H and O–H groups in total. The molecule has 1 spiro atoms. The minimum atomic E-state index is -0.704. The van der Waals surface area contributed by atoms with E-state index in [9.17, 15) is 14.7 Å². The van der Waals surface area contributed by atoms with Crippen LogP contribution < -0.4 is 26.0 Å². The van der Waals surface area contributed by atoms with Gasteiger partial charge in [-0.25, -0.2) is 9.97 Å². The monoisotopic (exact) mass is 478 g/mol. The molecular weight excluding hydrogens is 448 g/mol. The molecule has 2 amide bonds. The number of amides is 2. The Kier molecular flexibility index (Phi) is 5.84. The van der Waals surface area contributed by atoms with E-state index in [4.69, 9.17) is 10.5 Å². The zero-order valence-corrected chi connectivity index (χ0v) is 19.7. The molecule has 35 heavy (non-hydrogen) atoms. The van der Waals surface area contributed by atoms with Crippen LogP contribution >= 0.6 is 0 Å². The van der Waals surface area contributed by atoms with E-state index in [1.165, 1.54) is 6.20 Å². The Morgan fingerprint density at radius 3 is 2.66 bits per heavy atom. The molecule has 0 unspecified atom stereocenters. The zero-order valence-electron chi connectivity index (χ0n) is 19.7. The van der Waals surface area contributed by atoms with Crippen molar-refractivity contribution in [1.29, 1.82) is 0 Å². The minimum absolute atomic E-state index is 0.000210. The van der Waals surface area contributed by atoms with Crippen molar-refractivity contribution in [3.05, 3.63) is 48.2 Å². The second-order valence-corrected chi connectivity index (χ2v) is 9.91. The van der Waals surface area contributed by atoms with Crippen molar-refractivity contribution in [1.82, 2.24) is 15.3 Å². The van der Waals surface area contributed by atoms with Crippen molar-refractivity contribution in [2.75, 3.05) is 36.5 Å². The fourth-order valence-corrected chi connectivity index (χ4v) is 5.21. The first-order valence-electron chi connectivity index (χ1n) is 11.8. The van der Waals surface area contributed by atoms with Crippen LogP contribution in [0, 0.1) is 5.41 Å². The normalized spacial score (nSPS) is 23.1. The molecule has 3 aliphatic rings. The van der Waals surface area contributed by atoms with Gasteiger partial charge in [-0.1, -0.05) is 0 Å². The van der Waals surface area contributed by atoms with E-state index in [2.05, 4.69) is 25.5 Å². The zero-order chi connectivity index (χ0) is 24.6. The Bertz CT molecular complexity index is 1180. The number of nitrogens with two attached hydrogens (primary N) is 1. The quantitative estimate of drug-likeness (QED) is 0.470. The Labute approximate surface area is 203 Å². The first-order chi connectivity index (χ1) is 16.8. The summed E-state index contributed by atoms with van der Waals surface area (Å²) >= 11 is 0. The molecule has 2 aromatic rings. The highest BCUT2D eigenvalue weighted by Crippen LogP contribution is 2.45. The lowest BCUT2D eigenvalue weighted by atomic mass is 9.77. The van der Waals surface area contributed by atoms with Crippen molar-refractivity contribution >= 4 is 28.8 Å². The number of piperidine rings is 1. The van der Waals surface area contributed by atoms with Gasteiger partial charge in [-0.05, 0) is 37.3 Å². The number of ether oxygens (including phenoxy) is 1. The SMILES string of the molecule is C[C@]1(CO)Cc2cc(NC(=O)/C(=C/N)c3ncccn3)c(N3CCC4(CC3)CNC(=O)C4)cc2O1. The summed E-state index contributed by atoms with van der Waals surface area (Å²) in [5.41, 5.74) is 7.60. The highest BCUT2D eigenvalue weighted by atomic mass is 16.5. The van der Waals surface area contributed by atoms with Crippen molar-refractivity contribution in [3.8, 4) is 5.75 Å². The first kappa shape index (κ1) is 23.1. The third kappa shape index (κ3) is 4.41. The predicted octanol–water partition coefficient (Wildman–Crippen LogP) is 1.21. The second-order valence-electron chi connectivity index (χ2n) is 9.91. The Balaban J connectivity index is 1.44.